The molecular weight excluding hydrogens is 384 g/mol. The minimum Gasteiger partial charge on any atom is -0.493 e. The van der Waals surface area contributed by atoms with E-state index in [2.05, 4.69) is 0 Å². The maximum atomic E-state index is 11.0. The molecule has 0 aliphatic rings. The molecule has 0 spiro atoms. The molecule has 6 nitrogen and oxygen atoms in total. The van der Waals surface area contributed by atoms with Crippen LogP contribution in [0.4, 0.5) is 0 Å². The number of carbonyl (C=O) groups excluding carboxylic acids is 2. The van der Waals surface area contributed by atoms with E-state index in [1.807, 2.05) is 24.3 Å². The average Bonchev–Trinajstić information content (AvgIpc) is 2.81. The van der Waals surface area contributed by atoms with Crippen molar-refractivity contribution in [3.8, 4) is 23.0 Å². The molecule has 6 heteroatoms. The molecule has 0 atom stereocenters. The Bertz CT molecular complexity index is 928. The highest BCUT2D eigenvalue weighted by molar-refractivity contribution is 5.77. The fraction of sp³-hybridized carbons (Fsp3) is 0.167. The summed E-state index contributed by atoms with van der Waals surface area (Å²) in [6.07, 6.45) is 1.53. The van der Waals surface area contributed by atoms with Gasteiger partial charge in [-0.1, -0.05) is 24.3 Å². The van der Waals surface area contributed by atoms with Crippen LogP contribution in [0.15, 0.2) is 60.7 Å². The number of carbonyl (C=O) groups is 2. The molecule has 0 aromatic heterocycles. The summed E-state index contributed by atoms with van der Waals surface area (Å²) in [5, 5.41) is 0. The van der Waals surface area contributed by atoms with E-state index in [9.17, 15) is 9.59 Å². The molecule has 3 aromatic carbocycles. The second-order valence-electron chi connectivity index (χ2n) is 6.45. The summed E-state index contributed by atoms with van der Waals surface area (Å²) in [4.78, 5) is 22.0. The van der Waals surface area contributed by atoms with Crippen molar-refractivity contribution in [1.82, 2.24) is 0 Å². The molecule has 0 saturated heterocycles. The Labute approximate surface area is 175 Å². The van der Waals surface area contributed by atoms with Crippen LogP contribution < -0.4 is 18.9 Å². The third kappa shape index (κ3) is 5.17. The van der Waals surface area contributed by atoms with Crippen LogP contribution in [0, 0.1) is 0 Å². The molecule has 0 aliphatic heterocycles. The van der Waals surface area contributed by atoms with Gasteiger partial charge in [-0.25, -0.2) is 0 Å². The third-order valence-corrected chi connectivity index (χ3v) is 4.46. The molecule has 0 bridgehead atoms. The number of aldehydes is 2. The summed E-state index contributed by atoms with van der Waals surface area (Å²) in [6.45, 7) is 0.657. The monoisotopic (exact) mass is 406 g/mol. The van der Waals surface area contributed by atoms with Crippen LogP contribution >= 0.6 is 0 Å². The minimum atomic E-state index is 0.328. The average molecular weight is 406 g/mol. The van der Waals surface area contributed by atoms with Crippen molar-refractivity contribution in [2.24, 2.45) is 0 Å². The molecule has 0 amide bonds. The second kappa shape index (κ2) is 10.1. The van der Waals surface area contributed by atoms with E-state index in [1.165, 1.54) is 0 Å². The van der Waals surface area contributed by atoms with Crippen LogP contribution in [-0.4, -0.2) is 26.8 Å². The van der Waals surface area contributed by atoms with Gasteiger partial charge in [-0.05, 0) is 47.5 Å². The SMILES string of the molecule is COc1ccc(C=O)cc1OCc1ccc(COc2cc(C=O)ccc2OC)cc1. The van der Waals surface area contributed by atoms with E-state index in [0.29, 0.717) is 47.3 Å². The van der Waals surface area contributed by atoms with E-state index in [-0.39, 0.29) is 0 Å². The first-order chi connectivity index (χ1) is 14.7. The molecular formula is C24H22O6. The standard InChI is InChI=1S/C24H22O6/c1-27-21-9-7-19(13-25)11-23(21)29-15-17-3-5-18(6-4-17)16-30-24-12-20(14-26)8-10-22(24)28-2/h3-14H,15-16H2,1-2H3. The fourth-order valence-electron chi connectivity index (χ4n) is 2.81. The quantitative estimate of drug-likeness (QED) is 0.462. The van der Waals surface area contributed by atoms with Crippen molar-refractivity contribution in [2.75, 3.05) is 14.2 Å². The fourth-order valence-corrected chi connectivity index (χ4v) is 2.81. The van der Waals surface area contributed by atoms with E-state index in [0.717, 1.165) is 23.7 Å². The Morgan fingerprint density at radius 1 is 0.600 bits per heavy atom. The Hall–Kier alpha value is -3.80. The molecule has 3 aromatic rings. The maximum Gasteiger partial charge on any atom is 0.162 e. The molecule has 0 heterocycles. The lowest BCUT2D eigenvalue weighted by atomic mass is 10.1. The van der Waals surface area contributed by atoms with Gasteiger partial charge >= 0.3 is 0 Å². The lowest BCUT2D eigenvalue weighted by molar-refractivity contribution is 0.111. The number of benzene rings is 3. The molecule has 0 fully saturated rings. The van der Waals surface area contributed by atoms with Gasteiger partial charge in [-0.2, -0.15) is 0 Å². The van der Waals surface area contributed by atoms with E-state index in [4.69, 9.17) is 18.9 Å². The van der Waals surface area contributed by atoms with Crippen LogP contribution in [0.25, 0.3) is 0 Å². The van der Waals surface area contributed by atoms with Crippen LogP contribution in [0.1, 0.15) is 31.8 Å². The van der Waals surface area contributed by atoms with E-state index in [1.54, 1.807) is 50.6 Å². The van der Waals surface area contributed by atoms with Crippen LogP contribution in [0.3, 0.4) is 0 Å². The number of hydrogen-bond acceptors (Lipinski definition) is 6. The van der Waals surface area contributed by atoms with Gasteiger partial charge in [-0.3, -0.25) is 9.59 Å². The molecule has 30 heavy (non-hydrogen) atoms. The molecule has 0 radical (unpaired) electrons. The van der Waals surface area contributed by atoms with Gasteiger partial charge < -0.3 is 18.9 Å². The van der Waals surface area contributed by atoms with Crippen molar-refractivity contribution in [1.29, 1.82) is 0 Å². The topological polar surface area (TPSA) is 71.1 Å². The van der Waals surface area contributed by atoms with Crippen LogP contribution in [-0.2, 0) is 13.2 Å². The predicted octanol–water partition coefficient (Wildman–Crippen LogP) is 4.49. The number of hydrogen-bond donors (Lipinski definition) is 0. The largest absolute Gasteiger partial charge is 0.493 e. The van der Waals surface area contributed by atoms with Gasteiger partial charge in [0.25, 0.3) is 0 Å². The molecule has 0 saturated carbocycles. The van der Waals surface area contributed by atoms with Crippen molar-refractivity contribution in [2.45, 2.75) is 13.2 Å². The smallest absolute Gasteiger partial charge is 0.162 e. The molecule has 3 rings (SSSR count). The highest BCUT2D eigenvalue weighted by atomic mass is 16.5. The number of ether oxygens (including phenoxy) is 4. The third-order valence-electron chi connectivity index (χ3n) is 4.46. The van der Waals surface area contributed by atoms with Crippen molar-refractivity contribution >= 4 is 12.6 Å². The zero-order chi connectivity index (χ0) is 21.3. The number of rotatable bonds is 10. The Kier molecular flexibility index (Phi) is 7.05. The zero-order valence-corrected chi connectivity index (χ0v) is 16.8. The minimum absolute atomic E-state index is 0.328. The molecule has 0 aliphatic carbocycles. The van der Waals surface area contributed by atoms with Crippen molar-refractivity contribution in [3.05, 3.63) is 82.9 Å². The normalized spacial score (nSPS) is 10.2. The van der Waals surface area contributed by atoms with Gasteiger partial charge in [-0.15, -0.1) is 0 Å². The Morgan fingerprint density at radius 2 is 1.00 bits per heavy atom. The molecule has 154 valence electrons. The Balaban J connectivity index is 1.62. The van der Waals surface area contributed by atoms with Crippen LogP contribution in [0.5, 0.6) is 23.0 Å². The second-order valence-corrected chi connectivity index (χ2v) is 6.45. The van der Waals surface area contributed by atoms with Crippen molar-refractivity contribution in [3.63, 3.8) is 0 Å². The maximum absolute atomic E-state index is 11.0. The summed E-state index contributed by atoms with van der Waals surface area (Å²) < 4.78 is 22.2. The van der Waals surface area contributed by atoms with Gasteiger partial charge in [0.2, 0.25) is 0 Å². The lowest BCUT2D eigenvalue weighted by Gasteiger charge is -2.13. The van der Waals surface area contributed by atoms with Gasteiger partial charge in [0.1, 0.15) is 25.8 Å². The van der Waals surface area contributed by atoms with Crippen molar-refractivity contribution < 1.29 is 28.5 Å². The van der Waals surface area contributed by atoms with E-state index < -0.39 is 0 Å². The highest BCUT2D eigenvalue weighted by Crippen LogP contribution is 2.29. The summed E-state index contributed by atoms with van der Waals surface area (Å²) in [7, 11) is 3.11. The van der Waals surface area contributed by atoms with Gasteiger partial charge in [0.05, 0.1) is 14.2 Å². The summed E-state index contributed by atoms with van der Waals surface area (Å²) in [5.41, 5.74) is 2.95. The predicted molar refractivity (Wildman–Crippen MR) is 112 cm³/mol. The zero-order valence-electron chi connectivity index (χ0n) is 16.8. The van der Waals surface area contributed by atoms with Crippen LogP contribution in [0.2, 0.25) is 0 Å². The molecule has 0 unspecified atom stereocenters. The van der Waals surface area contributed by atoms with Gasteiger partial charge in [0.15, 0.2) is 23.0 Å². The lowest BCUT2D eigenvalue weighted by Crippen LogP contribution is -2.01. The highest BCUT2D eigenvalue weighted by Gasteiger charge is 2.08. The van der Waals surface area contributed by atoms with Gasteiger partial charge in [0, 0.05) is 11.1 Å². The molecule has 0 N–H and O–H groups in total. The first kappa shape index (κ1) is 20.9. The van der Waals surface area contributed by atoms with E-state index >= 15 is 0 Å². The first-order valence-corrected chi connectivity index (χ1v) is 9.26. The first-order valence-electron chi connectivity index (χ1n) is 9.26. The summed E-state index contributed by atoms with van der Waals surface area (Å²) in [5.74, 6) is 2.16. The summed E-state index contributed by atoms with van der Waals surface area (Å²) >= 11 is 0. The Morgan fingerprint density at radius 3 is 1.33 bits per heavy atom. The summed E-state index contributed by atoms with van der Waals surface area (Å²) in [6, 6.07) is 17.8. The number of methoxy groups -OCH3 is 2.